The van der Waals surface area contributed by atoms with Crippen LogP contribution in [0.4, 0.5) is 10.5 Å². The number of hydrogen-bond donors (Lipinski definition) is 1. The first kappa shape index (κ1) is 19.0. The summed E-state index contributed by atoms with van der Waals surface area (Å²) in [6.07, 6.45) is 5.96. The Balaban J connectivity index is 1.33. The van der Waals surface area contributed by atoms with Crippen molar-refractivity contribution in [2.75, 3.05) is 31.5 Å². The third-order valence-corrected chi connectivity index (χ3v) is 6.81. The van der Waals surface area contributed by atoms with E-state index in [1.807, 2.05) is 36.1 Å². The molecule has 1 aliphatic carbocycles. The number of carbonyl (C=O) groups is 2. The molecule has 0 bridgehead atoms. The molecular formula is C22H27N3O2S. The average molecular weight is 398 g/mol. The van der Waals surface area contributed by atoms with E-state index in [4.69, 9.17) is 0 Å². The molecule has 0 saturated carbocycles. The van der Waals surface area contributed by atoms with E-state index in [9.17, 15) is 9.59 Å². The van der Waals surface area contributed by atoms with Gasteiger partial charge in [0.05, 0.1) is 4.88 Å². The molecule has 1 N–H and O–H groups in total. The molecule has 28 heavy (non-hydrogen) atoms. The predicted octanol–water partition coefficient (Wildman–Crippen LogP) is 4.32. The normalized spacial score (nSPS) is 17.0. The molecule has 0 spiro atoms. The smallest absolute Gasteiger partial charge is 0.321 e. The van der Waals surface area contributed by atoms with Crippen LogP contribution < -0.4 is 5.32 Å². The summed E-state index contributed by atoms with van der Waals surface area (Å²) in [5.74, 6) is 0.122. The van der Waals surface area contributed by atoms with Crippen molar-refractivity contribution in [1.82, 2.24) is 9.80 Å². The summed E-state index contributed by atoms with van der Waals surface area (Å²) in [7, 11) is 0. The summed E-state index contributed by atoms with van der Waals surface area (Å²) in [6.45, 7) is 4.30. The second kappa shape index (κ2) is 8.35. The van der Waals surface area contributed by atoms with Crippen LogP contribution >= 0.6 is 11.3 Å². The highest BCUT2D eigenvalue weighted by Crippen LogP contribution is 2.30. The fourth-order valence-electron chi connectivity index (χ4n) is 3.97. The highest BCUT2D eigenvalue weighted by Gasteiger charge is 2.26. The van der Waals surface area contributed by atoms with E-state index in [0.717, 1.165) is 29.0 Å². The van der Waals surface area contributed by atoms with Gasteiger partial charge in [0.25, 0.3) is 5.91 Å². The van der Waals surface area contributed by atoms with Gasteiger partial charge >= 0.3 is 6.03 Å². The molecule has 148 valence electrons. The standard InChI is InChI=1S/C22H27N3O2S/c1-16-6-5-8-18(14-16)23-22(27)25-12-10-24(11-13-25)21(26)20-15-17-7-3-2-4-9-19(17)28-20/h5-6,8,14-15H,2-4,7,9-13H2,1H3,(H,23,27). The molecule has 4 rings (SSSR count). The second-order valence-corrected chi connectivity index (χ2v) is 8.84. The van der Waals surface area contributed by atoms with Crippen LogP contribution in [0.25, 0.3) is 0 Å². The summed E-state index contributed by atoms with van der Waals surface area (Å²) in [6, 6.07) is 9.81. The minimum Gasteiger partial charge on any atom is -0.334 e. The molecule has 1 aromatic carbocycles. The van der Waals surface area contributed by atoms with Crippen molar-refractivity contribution in [3.05, 3.63) is 51.2 Å². The summed E-state index contributed by atoms with van der Waals surface area (Å²) < 4.78 is 0. The minimum atomic E-state index is -0.0967. The van der Waals surface area contributed by atoms with Gasteiger partial charge in [-0.2, -0.15) is 0 Å². The summed E-state index contributed by atoms with van der Waals surface area (Å²) in [5, 5.41) is 2.95. The first-order valence-corrected chi connectivity index (χ1v) is 11.0. The van der Waals surface area contributed by atoms with Crippen LogP contribution in [0.1, 0.15) is 44.9 Å². The fourth-order valence-corrected chi connectivity index (χ4v) is 5.19. The fraction of sp³-hybridized carbons (Fsp3) is 0.455. The number of piperazine rings is 1. The highest BCUT2D eigenvalue weighted by atomic mass is 32.1. The summed E-state index contributed by atoms with van der Waals surface area (Å²) >= 11 is 1.68. The van der Waals surface area contributed by atoms with Crippen molar-refractivity contribution in [2.24, 2.45) is 0 Å². The number of nitrogens with zero attached hydrogens (tertiary/aromatic N) is 2. The zero-order valence-electron chi connectivity index (χ0n) is 16.4. The van der Waals surface area contributed by atoms with Gasteiger partial charge in [0.15, 0.2) is 0 Å². The van der Waals surface area contributed by atoms with E-state index in [2.05, 4.69) is 11.4 Å². The molecule has 1 fully saturated rings. The predicted molar refractivity (Wildman–Crippen MR) is 113 cm³/mol. The van der Waals surface area contributed by atoms with Crippen molar-refractivity contribution >= 4 is 29.0 Å². The quantitative estimate of drug-likeness (QED) is 0.768. The van der Waals surface area contributed by atoms with Crippen LogP contribution in [0.15, 0.2) is 30.3 Å². The van der Waals surface area contributed by atoms with Crippen LogP contribution in [0.2, 0.25) is 0 Å². The van der Waals surface area contributed by atoms with Crippen molar-refractivity contribution in [3.63, 3.8) is 0 Å². The number of rotatable bonds is 2. The molecule has 0 unspecified atom stereocenters. The van der Waals surface area contributed by atoms with E-state index in [0.29, 0.717) is 26.2 Å². The molecule has 5 nitrogen and oxygen atoms in total. The van der Waals surface area contributed by atoms with Crippen LogP contribution in [-0.2, 0) is 12.8 Å². The van der Waals surface area contributed by atoms with Crippen molar-refractivity contribution < 1.29 is 9.59 Å². The number of nitrogens with one attached hydrogen (secondary N) is 1. The number of urea groups is 1. The van der Waals surface area contributed by atoms with Gasteiger partial charge in [0.1, 0.15) is 0 Å². The first-order valence-electron chi connectivity index (χ1n) is 10.1. The van der Waals surface area contributed by atoms with Crippen molar-refractivity contribution in [3.8, 4) is 0 Å². The average Bonchev–Trinajstić information content (AvgIpc) is 2.98. The maximum absolute atomic E-state index is 12.9. The Kier molecular flexibility index (Phi) is 5.67. The Morgan fingerprint density at radius 3 is 2.50 bits per heavy atom. The third-order valence-electron chi connectivity index (χ3n) is 5.58. The lowest BCUT2D eigenvalue weighted by Crippen LogP contribution is -2.51. The van der Waals surface area contributed by atoms with E-state index in [1.54, 1.807) is 16.2 Å². The van der Waals surface area contributed by atoms with E-state index < -0.39 is 0 Å². The lowest BCUT2D eigenvalue weighted by molar-refractivity contribution is 0.0676. The molecule has 0 radical (unpaired) electrons. The topological polar surface area (TPSA) is 52.7 Å². The Morgan fingerprint density at radius 2 is 1.71 bits per heavy atom. The molecule has 1 aromatic heterocycles. The first-order chi connectivity index (χ1) is 13.6. The molecule has 2 aromatic rings. The summed E-state index contributed by atoms with van der Waals surface area (Å²) in [4.78, 5) is 31.4. The van der Waals surface area contributed by atoms with Gasteiger partial charge in [-0.05, 0) is 61.9 Å². The second-order valence-electron chi connectivity index (χ2n) is 7.70. The monoisotopic (exact) mass is 397 g/mol. The number of benzene rings is 1. The van der Waals surface area contributed by atoms with Crippen molar-refractivity contribution in [2.45, 2.75) is 39.0 Å². The number of hydrogen-bond acceptors (Lipinski definition) is 3. The molecule has 2 heterocycles. The maximum Gasteiger partial charge on any atom is 0.321 e. The van der Waals surface area contributed by atoms with Gasteiger partial charge in [-0.15, -0.1) is 11.3 Å². The van der Waals surface area contributed by atoms with Crippen LogP contribution in [0, 0.1) is 6.92 Å². The van der Waals surface area contributed by atoms with E-state index in [-0.39, 0.29) is 11.9 Å². The zero-order chi connectivity index (χ0) is 19.5. The zero-order valence-corrected chi connectivity index (χ0v) is 17.2. The molecule has 1 aliphatic heterocycles. The van der Waals surface area contributed by atoms with Gasteiger partial charge in [0, 0.05) is 36.7 Å². The Hall–Kier alpha value is -2.34. The highest BCUT2D eigenvalue weighted by molar-refractivity contribution is 7.14. The van der Waals surface area contributed by atoms with E-state index >= 15 is 0 Å². The van der Waals surface area contributed by atoms with Gasteiger partial charge < -0.3 is 15.1 Å². The Labute approximate surface area is 170 Å². The number of amides is 3. The number of fused-ring (bicyclic) bond motifs is 1. The number of carbonyl (C=O) groups excluding carboxylic acids is 2. The lowest BCUT2D eigenvalue weighted by Gasteiger charge is -2.34. The SMILES string of the molecule is Cc1cccc(NC(=O)N2CCN(C(=O)c3cc4c(s3)CCCCC4)CC2)c1. The largest absolute Gasteiger partial charge is 0.334 e. The number of thiophene rings is 1. The maximum atomic E-state index is 12.9. The number of anilines is 1. The van der Waals surface area contributed by atoms with E-state index in [1.165, 1.54) is 29.7 Å². The van der Waals surface area contributed by atoms with Crippen molar-refractivity contribution in [1.29, 1.82) is 0 Å². The summed E-state index contributed by atoms with van der Waals surface area (Å²) in [5.41, 5.74) is 3.30. The van der Waals surface area contributed by atoms with Crippen LogP contribution in [0.5, 0.6) is 0 Å². The molecule has 3 amide bonds. The Bertz CT molecular complexity index is 845. The van der Waals surface area contributed by atoms with Gasteiger partial charge in [-0.1, -0.05) is 18.6 Å². The molecule has 1 saturated heterocycles. The van der Waals surface area contributed by atoms with Crippen LogP contribution in [-0.4, -0.2) is 47.9 Å². The van der Waals surface area contributed by atoms with Gasteiger partial charge in [0.2, 0.25) is 0 Å². The minimum absolute atomic E-state index is 0.0967. The lowest BCUT2D eigenvalue weighted by atomic mass is 10.1. The molecule has 6 heteroatoms. The third kappa shape index (κ3) is 4.22. The Morgan fingerprint density at radius 1 is 0.964 bits per heavy atom. The van der Waals surface area contributed by atoms with Crippen LogP contribution in [0.3, 0.4) is 0 Å². The number of aryl methyl sites for hydroxylation is 3. The van der Waals surface area contributed by atoms with Gasteiger partial charge in [-0.25, -0.2) is 4.79 Å². The molecule has 0 atom stereocenters. The molecular weight excluding hydrogens is 370 g/mol. The molecule has 2 aliphatic rings. The van der Waals surface area contributed by atoms with Gasteiger partial charge in [-0.3, -0.25) is 4.79 Å².